The molecule has 0 spiro atoms. The van der Waals surface area contributed by atoms with Gasteiger partial charge in [0.05, 0.1) is 19.8 Å². The average Bonchev–Trinajstić information content (AvgIpc) is 2.93. The number of aliphatic hydroxyl groups is 1. The van der Waals surface area contributed by atoms with Crippen molar-refractivity contribution in [2.24, 2.45) is 0 Å². The molecular formula is C14H18BrN3O3. The highest BCUT2D eigenvalue weighted by atomic mass is 79.9. The Morgan fingerprint density at radius 1 is 1.38 bits per heavy atom. The van der Waals surface area contributed by atoms with Crippen LogP contribution in [0.25, 0.3) is 11.4 Å². The summed E-state index contributed by atoms with van der Waals surface area (Å²) >= 11 is 3.42. The molecule has 1 heterocycles. The summed E-state index contributed by atoms with van der Waals surface area (Å²) in [7, 11) is 1.65. The van der Waals surface area contributed by atoms with Gasteiger partial charge in [0, 0.05) is 30.2 Å². The van der Waals surface area contributed by atoms with Gasteiger partial charge in [-0.2, -0.15) is 4.98 Å². The molecule has 0 saturated heterocycles. The minimum Gasteiger partial charge on any atom is -0.395 e. The first-order chi connectivity index (χ1) is 10.2. The van der Waals surface area contributed by atoms with Crippen molar-refractivity contribution in [2.45, 2.75) is 6.54 Å². The summed E-state index contributed by atoms with van der Waals surface area (Å²) in [6.45, 7) is 2.40. The molecule has 114 valence electrons. The minimum absolute atomic E-state index is 0.0797. The van der Waals surface area contributed by atoms with Gasteiger partial charge >= 0.3 is 0 Å². The molecule has 0 atom stereocenters. The van der Waals surface area contributed by atoms with Crippen LogP contribution in [0.3, 0.4) is 0 Å². The van der Waals surface area contributed by atoms with Crippen LogP contribution in [-0.4, -0.2) is 53.6 Å². The van der Waals surface area contributed by atoms with Crippen LogP contribution in [0.5, 0.6) is 0 Å². The average molecular weight is 356 g/mol. The van der Waals surface area contributed by atoms with E-state index in [1.807, 2.05) is 29.2 Å². The number of nitrogens with zero attached hydrogens (tertiary/aromatic N) is 3. The summed E-state index contributed by atoms with van der Waals surface area (Å²) in [4.78, 5) is 6.39. The molecule has 0 bridgehead atoms. The molecule has 6 nitrogen and oxygen atoms in total. The summed E-state index contributed by atoms with van der Waals surface area (Å²) in [5, 5.41) is 13.1. The van der Waals surface area contributed by atoms with Gasteiger partial charge in [0.15, 0.2) is 0 Å². The molecule has 1 aromatic carbocycles. The van der Waals surface area contributed by atoms with E-state index in [4.69, 9.17) is 14.4 Å². The number of rotatable bonds is 8. The third-order valence-corrected chi connectivity index (χ3v) is 3.43. The predicted octanol–water partition coefficient (Wildman–Crippen LogP) is 1.94. The van der Waals surface area contributed by atoms with Crippen LogP contribution < -0.4 is 0 Å². The first kappa shape index (κ1) is 16.1. The van der Waals surface area contributed by atoms with E-state index in [0.29, 0.717) is 38.0 Å². The third kappa shape index (κ3) is 4.89. The van der Waals surface area contributed by atoms with Crippen molar-refractivity contribution in [3.8, 4) is 11.4 Å². The number of aromatic nitrogens is 2. The van der Waals surface area contributed by atoms with E-state index in [2.05, 4.69) is 26.1 Å². The summed E-state index contributed by atoms with van der Waals surface area (Å²) in [6.07, 6.45) is 0. The van der Waals surface area contributed by atoms with Crippen LogP contribution in [0.1, 0.15) is 5.89 Å². The van der Waals surface area contributed by atoms with Gasteiger partial charge in [-0.05, 0) is 12.1 Å². The normalized spacial score (nSPS) is 11.2. The number of ether oxygens (including phenoxy) is 1. The number of hydrogen-bond acceptors (Lipinski definition) is 6. The van der Waals surface area contributed by atoms with Crippen molar-refractivity contribution in [1.82, 2.24) is 15.0 Å². The van der Waals surface area contributed by atoms with E-state index < -0.39 is 0 Å². The summed E-state index contributed by atoms with van der Waals surface area (Å²) in [5.74, 6) is 1.08. The van der Waals surface area contributed by atoms with E-state index >= 15 is 0 Å². The molecule has 1 N–H and O–H groups in total. The van der Waals surface area contributed by atoms with Crippen LogP contribution in [0.2, 0.25) is 0 Å². The topological polar surface area (TPSA) is 71.6 Å². The highest BCUT2D eigenvalue weighted by Gasteiger charge is 2.13. The van der Waals surface area contributed by atoms with Crippen molar-refractivity contribution < 1.29 is 14.4 Å². The highest BCUT2D eigenvalue weighted by molar-refractivity contribution is 9.10. The SMILES string of the molecule is COCCN(CCO)Cc1nc(-c2cccc(Br)c2)no1. The Labute approximate surface area is 131 Å². The second-order valence-corrected chi connectivity index (χ2v) is 5.43. The highest BCUT2D eigenvalue weighted by Crippen LogP contribution is 2.20. The van der Waals surface area contributed by atoms with Crippen molar-refractivity contribution in [1.29, 1.82) is 0 Å². The van der Waals surface area contributed by atoms with E-state index in [9.17, 15) is 0 Å². The lowest BCUT2D eigenvalue weighted by molar-refractivity contribution is 0.118. The van der Waals surface area contributed by atoms with Crippen molar-refractivity contribution in [2.75, 3.05) is 33.4 Å². The van der Waals surface area contributed by atoms with Crippen LogP contribution in [0.15, 0.2) is 33.3 Å². The van der Waals surface area contributed by atoms with Crippen molar-refractivity contribution in [3.63, 3.8) is 0 Å². The lowest BCUT2D eigenvalue weighted by atomic mass is 10.2. The molecule has 2 aromatic rings. The number of halogens is 1. The fraction of sp³-hybridized carbons (Fsp3) is 0.429. The van der Waals surface area contributed by atoms with Crippen LogP contribution >= 0.6 is 15.9 Å². The molecule has 0 radical (unpaired) electrons. The van der Waals surface area contributed by atoms with E-state index in [0.717, 1.165) is 10.0 Å². The molecule has 7 heteroatoms. The molecule has 0 unspecified atom stereocenters. The van der Waals surface area contributed by atoms with Crippen LogP contribution in [0.4, 0.5) is 0 Å². The van der Waals surface area contributed by atoms with Gasteiger partial charge in [-0.3, -0.25) is 4.90 Å². The number of methoxy groups -OCH3 is 1. The first-order valence-electron chi connectivity index (χ1n) is 6.63. The molecule has 0 aliphatic rings. The summed E-state index contributed by atoms with van der Waals surface area (Å²) in [5.41, 5.74) is 0.893. The molecule has 0 fully saturated rings. The van der Waals surface area contributed by atoms with Crippen molar-refractivity contribution >= 4 is 15.9 Å². The number of hydrogen-bond donors (Lipinski definition) is 1. The fourth-order valence-electron chi connectivity index (χ4n) is 1.89. The Hall–Kier alpha value is -1.28. The number of aliphatic hydroxyl groups excluding tert-OH is 1. The standard InChI is InChI=1S/C14H18BrN3O3/c1-20-8-6-18(5-7-19)10-13-16-14(17-21-13)11-3-2-4-12(15)9-11/h2-4,9,19H,5-8,10H2,1H3. The quantitative estimate of drug-likeness (QED) is 0.780. The summed E-state index contributed by atoms with van der Waals surface area (Å²) in [6, 6.07) is 7.73. The van der Waals surface area contributed by atoms with E-state index in [1.165, 1.54) is 0 Å². The molecule has 0 amide bonds. The van der Waals surface area contributed by atoms with E-state index in [1.54, 1.807) is 7.11 Å². The maximum Gasteiger partial charge on any atom is 0.241 e. The zero-order valence-corrected chi connectivity index (χ0v) is 13.4. The van der Waals surface area contributed by atoms with Gasteiger partial charge in [0.2, 0.25) is 11.7 Å². The van der Waals surface area contributed by atoms with Gasteiger partial charge < -0.3 is 14.4 Å². The largest absolute Gasteiger partial charge is 0.395 e. The lowest BCUT2D eigenvalue weighted by Crippen LogP contribution is -2.29. The number of benzene rings is 1. The van der Waals surface area contributed by atoms with Crippen LogP contribution in [0, 0.1) is 0 Å². The Kier molecular flexibility index (Phi) is 6.31. The van der Waals surface area contributed by atoms with Crippen molar-refractivity contribution in [3.05, 3.63) is 34.6 Å². The van der Waals surface area contributed by atoms with E-state index in [-0.39, 0.29) is 6.61 Å². The van der Waals surface area contributed by atoms with Gasteiger partial charge in [-0.25, -0.2) is 0 Å². The fourth-order valence-corrected chi connectivity index (χ4v) is 2.29. The van der Waals surface area contributed by atoms with Gasteiger partial charge in [0.25, 0.3) is 0 Å². The predicted molar refractivity (Wildman–Crippen MR) is 81.7 cm³/mol. The van der Waals surface area contributed by atoms with Gasteiger partial charge in [0.1, 0.15) is 0 Å². The maximum absolute atomic E-state index is 9.07. The maximum atomic E-state index is 9.07. The molecule has 2 rings (SSSR count). The molecule has 0 saturated carbocycles. The van der Waals surface area contributed by atoms with Gasteiger partial charge in [-0.15, -0.1) is 0 Å². The summed E-state index contributed by atoms with van der Waals surface area (Å²) < 4.78 is 11.3. The second-order valence-electron chi connectivity index (χ2n) is 4.51. The molecule has 21 heavy (non-hydrogen) atoms. The Morgan fingerprint density at radius 3 is 2.95 bits per heavy atom. The Balaban J connectivity index is 2.04. The minimum atomic E-state index is 0.0797. The van der Waals surface area contributed by atoms with Crippen LogP contribution in [-0.2, 0) is 11.3 Å². The lowest BCUT2D eigenvalue weighted by Gasteiger charge is -2.18. The first-order valence-corrected chi connectivity index (χ1v) is 7.43. The van der Waals surface area contributed by atoms with Gasteiger partial charge in [-0.1, -0.05) is 33.2 Å². The second kappa shape index (κ2) is 8.23. The molecular weight excluding hydrogens is 338 g/mol. The molecule has 1 aromatic heterocycles. The molecule has 0 aliphatic heterocycles. The smallest absolute Gasteiger partial charge is 0.241 e. The Morgan fingerprint density at radius 2 is 2.24 bits per heavy atom. The monoisotopic (exact) mass is 355 g/mol. The third-order valence-electron chi connectivity index (χ3n) is 2.94. The zero-order valence-electron chi connectivity index (χ0n) is 11.8. The zero-order chi connectivity index (χ0) is 15.1. The Bertz CT molecular complexity index is 562. The molecule has 0 aliphatic carbocycles.